The summed E-state index contributed by atoms with van der Waals surface area (Å²) in [5, 5.41) is 0.361. The maximum absolute atomic E-state index is 12.3. The fourth-order valence-corrected chi connectivity index (χ4v) is 4.03. The third-order valence-corrected chi connectivity index (χ3v) is 5.06. The van der Waals surface area contributed by atoms with E-state index in [1.165, 1.54) is 12.1 Å². The lowest BCUT2D eigenvalue weighted by molar-refractivity contribution is -0.128. The number of benzene rings is 1. The summed E-state index contributed by atoms with van der Waals surface area (Å²) in [6, 6.07) is 5.68. The molecule has 1 fully saturated rings. The molecule has 1 amide bonds. The molecule has 1 atom stereocenters. The largest absolute Gasteiger partial charge is 0.341 e. The minimum absolute atomic E-state index is 0.0175. The van der Waals surface area contributed by atoms with Crippen molar-refractivity contribution in [1.82, 2.24) is 9.62 Å². The molecule has 0 radical (unpaired) electrons. The zero-order chi connectivity index (χ0) is 16.5. The zero-order valence-corrected chi connectivity index (χ0v) is 14.5. The molecule has 5 nitrogen and oxygen atoms in total. The number of carbonyl (C=O) groups excluding carboxylic acids is 1. The number of likely N-dealkylation sites (tertiary alicyclic amines) is 1. The molecule has 0 spiro atoms. The van der Waals surface area contributed by atoms with Gasteiger partial charge in [-0.3, -0.25) is 4.79 Å². The van der Waals surface area contributed by atoms with E-state index in [4.69, 9.17) is 11.6 Å². The van der Waals surface area contributed by atoms with E-state index in [1.54, 1.807) is 17.0 Å². The topological polar surface area (TPSA) is 66.5 Å². The quantitative estimate of drug-likeness (QED) is 0.911. The van der Waals surface area contributed by atoms with Gasteiger partial charge in [-0.25, -0.2) is 13.1 Å². The predicted octanol–water partition coefficient (Wildman–Crippen LogP) is 2.27. The van der Waals surface area contributed by atoms with Gasteiger partial charge in [0, 0.05) is 30.6 Å². The number of nitrogens with zero attached hydrogens (tertiary/aromatic N) is 1. The Morgan fingerprint density at radius 3 is 2.64 bits per heavy atom. The number of amides is 1. The highest BCUT2D eigenvalue weighted by atomic mass is 35.5. The highest BCUT2D eigenvalue weighted by molar-refractivity contribution is 7.89. The Morgan fingerprint density at radius 2 is 2.05 bits per heavy atom. The van der Waals surface area contributed by atoms with Gasteiger partial charge in [-0.05, 0) is 23.6 Å². The highest BCUT2D eigenvalue weighted by Gasteiger charge is 2.34. The molecule has 1 aromatic rings. The molecule has 1 N–H and O–H groups in total. The molecule has 0 bridgehead atoms. The smallest absolute Gasteiger partial charge is 0.240 e. The SMILES string of the molecule is CC(C)(C)CN1C[C@H](NS(=O)(=O)c2cccc(Cl)c2)CC1=O. The van der Waals surface area contributed by atoms with E-state index < -0.39 is 16.1 Å². The lowest BCUT2D eigenvalue weighted by Crippen LogP contribution is -2.39. The van der Waals surface area contributed by atoms with Crippen LogP contribution in [0.3, 0.4) is 0 Å². The molecule has 0 aromatic heterocycles. The van der Waals surface area contributed by atoms with Gasteiger partial charge in [0.15, 0.2) is 0 Å². The molecular formula is C15H21ClN2O3S. The molecule has 1 heterocycles. The van der Waals surface area contributed by atoms with E-state index in [-0.39, 0.29) is 22.6 Å². The summed E-state index contributed by atoms with van der Waals surface area (Å²) in [5.74, 6) is -0.0197. The summed E-state index contributed by atoms with van der Waals surface area (Å²) in [7, 11) is -3.67. The molecule has 1 saturated heterocycles. The standard InChI is InChI=1S/C15H21ClN2O3S/c1-15(2,3)10-18-9-12(8-14(18)19)17-22(20,21)13-6-4-5-11(16)7-13/h4-7,12,17H,8-10H2,1-3H3/t12-/m1/s1. The van der Waals surface area contributed by atoms with E-state index in [0.717, 1.165) is 0 Å². The van der Waals surface area contributed by atoms with Crippen LogP contribution in [-0.4, -0.2) is 38.4 Å². The zero-order valence-electron chi connectivity index (χ0n) is 13.0. The Balaban J connectivity index is 2.07. The van der Waals surface area contributed by atoms with E-state index in [0.29, 0.717) is 18.1 Å². The van der Waals surface area contributed by atoms with Crippen molar-refractivity contribution in [2.45, 2.75) is 38.1 Å². The van der Waals surface area contributed by atoms with Crippen LogP contribution in [0.2, 0.25) is 5.02 Å². The van der Waals surface area contributed by atoms with Crippen molar-refractivity contribution in [2.75, 3.05) is 13.1 Å². The summed E-state index contributed by atoms with van der Waals surface area (Å²) in [6.45, 7) is 7.15. The Kier molecular flexibility index (Phi) is 4.84. The first kappa shape index (κ1) is 17.2. The number of rotatable bonds is 4. The number of hydrogen-bond acceptors (Lipinski definition) is 3. The van der Waals surface area contributed by atoms with Crippen LogP contribution in [0.15, 0.2) is 29.2 Å². The maximum Gasteiger partial charge on any atom is 0.240 e. The lowest BCUT2D eigenvalue weighted by Gasteiger charge is -2.26. The average molecular weight is 345 g/mol. The number of halogens is 1. The Hall–Kier alpha value is -1.11. The molecule has 0 aliphatic carbocycles. The summed E-state index contributed by atoms with van der Waals surface area (Å²) in [6.07, 6.45) is 0.190. The Bertz CT molecular complexity index is 668. The Morgan fingerprint density at radius 1 is 1.36 bits per heavy atom. The molecule has 7 heteroatoms. The molecule has 22 heavy (non-hydrogen) atoms. The predicted molar refractivity (Wildman–Crippen MR) is 86.2 cm³/mol. The molecule has 0 saturated carbocycles. The van der Waals surface area contributed by atoms with E-state index in [9.17, 15) is 13.2 Å². The number of hydrogen-bond donors (Lipinski definition) is 1. The van der Waals surface area contributed by atoms with Crippen molar-refractivity contribution in [3.63, 3.8) is 0 Å². The molecule has 0 unspecified atom stereocenters. The van der Waals surface area contributed by atoms with Crippen LogP contribution < -0.4 is 4.72 Å². The maximum atomic E-state index is 12.3. The van der Waals surface area contributed by atoms with Crippen molar-refractivity contribution in [3.8, 4) is 0 Å². The second kappa shape index (κ2) is 6.18. The van der Waals surface area contributed by atoms with Gasteiger partial charge in [-0.2, -0.15) is 0 Å². The number of nitrogens with one attached hydrogen (secondary N) is 1. The van der Waals surface area contributed by atoms with E-state index in [1.807, 2.05) is 20.8 Å². The van der Waals surface area contributed by atoms with Crippen LogP contribution >= 0.6 is 11.6 Å². The minimum atomic E-state index is -3.67. The van der Waals surface area contributed by atoms with Gasteiger partial charge in [-0.1, -0.05) is 38.4 Å². The van der Waals surface area contributed by atoms with E-state index >= 15 is 0 Å². The summed E-state index contributed by atoms with van der Waals surface area (Å²) in [4.78, 5) is 13.8. The number of carbonyl (C=O) groups is 1. The van der Waals surface area contributed by atoms with Crippen molar-refractivity contribution in [1.29, 1.82) is 0 Å². The average Bonchev–Trinajstić information content (AvgIpc) is 2.66. The molecule has 1 aromatic carbocycles. The van der Waals surface area contributed by atoms with Gasteiger partial charge < -0.3 is 4.90 Å². The molecular weight excluding hydrogens is 324 g/mol. The third kappa shape index (κ3) is 4.44. The lowest BCUT2D eigenvalue weighted by atomic mass is 9.96. The first-order valence-corrected chi connectivity index (χ1v) is 8.99. The third-order valence-electron chi connectivity index (χ3n) is 3.31. The van der Waals surface area contributed by atoms with Gasteiger partial charge in [-0.15, -0.1) is 0 Å². The first-order chi connectivity index (χ1) is 10.1. The molecule has 1 aliphatic heterocycles. The van der Waals surface area contributed by atoms with Crippen LogP contribution in [0, 0.1) is 5.41 Å². The van der Waals surface area contributed by atoms with Crippen LogP contribution in [0.4, 0.5) is 0 Å². The van der Waals surface area contributed by atoms with E-state index in [2.05, 4.69) is 4.72 Å². The van der Waals surface area contributed by atoms with Gasteiger partial charge in [0.1, 0.15) is 0 Å². The Labute approximate surface area is 136 Å². The van der Waals surface area contributed by atoms with Crippen LogP contribution in [-0.2, 0) is 14.8 Å². The fourth-order valence-electron chi connectivity index (χ4n) is 2.50. The van der Waals surface area contributed by atoms with Crippen molar-refractivity contribution >= 4 is 27.5 Å². The van der Waals surface area contributed by atoms with Crippen molar-refractivity contribution in [2.24, 2.45) is 5.41 Å². The van der Waals surface area contributed by atoms with Gasteiger partial charge in [0.25, 0.3) is 0 Å². The van der Waals surface area contributed by atoms with Crippen molar-refractivity contribution < 1.29 is 13.2 Å². The second-order valence-electron chi connectivity index (χ2n) is 6.81. The van der Waals surface area contributed by atoms with Crippen molar-refractivity contribution in [3.05, 3.63) is 29.3 Å². The molecule has 1 aliphatic rings. The molecule has 122 valence electrons. The summed E-state index contributed by atoms with van der Waals surface area (Å²) >= 11 is 5.83. The van der Waals surface area contributed by atoms with Crippen LogP contribution in [0.1, 0.15) is 27.2 Å². The fraction of sp³-hybridized carbons (Fsp3) is 0.533. The monoisotopic (exact) mass is 344 g/mol. The summed E-state index contributed by atoms with van der Waals surface area (Å²) < 4.78 is 27.3. The minimum Gasteiger partial charge on any atom is -0.341 e. The second-order valence-corrected chi connectivity index (χ2v) is 8.97. The highest BCUT2D eigenvalue weighted by Crippen LogP contribution is 2.22. The van der Waals surface area contributed by atoms with Crippen LogP contribution in [0.5, 0.6) is 0 Å². The van der Waals surface area contributed by atoms with Gasteiger partial charge in [0.05, 0.1) is 4.90 Å². The summed E-state index contributed by atoms with van der Waals surface area (Å²) in [5.41, 5.74) is -0.0175. The van der Waals surface area contributed by atoms with Gasteiger partial charge in [0.2, 0.25) is 15.9 Å². The molecule has 2 rings (SSSR count). The number of sulfonamides is 1. The van der Waals surface area contributed by atoms with Gasteiger partial charge >= 0.3 is 0 Å². The first-order valence-electron chi connectivity index (χ1n) is 7.12. The normalized spacial score (nSPS) is 19.7. The van der Waals surface area contributed by atoms with Crippen LogP contribution in [0.25, 0.3) is 0 Å².